The lowest BCUT2D eigenvalue weighted by Gasteiger charge is -2.28. The molecule has 0 aromatic carbocycles. The van der Waals surface area contributed by atoms with Crippen molar-refractivity contribution in [1.29, 1.82) is 0 Å². The Morgan fingerprint density at radius 2 is 2.06 bits per heavy atom. The van der Waals surface area contributed by atoms with Crippen LogP contribution in [0.4, 0.5) is 0 Å². The van der Waals surface area contributed by atoms with Crippen LogP contribution in [0.25, 0.3) is 0 Å². The molecule has 0 aromatic heterocycles. The maximum absolute atomic E-state index is 11.6. The molecule has 0 saturated heterocycles. The van der Waals surface area contributed by atoms with Crippen LogP contribution in [0.1, 0.15) is 45.4 Å². The second-order valence-corrected chi connectivity index (χ2v) is 4.88. The summed E-state index contributed by atoms with van der Waals surface area (Å²) >= 11 is 0. The molecule has 1 aliphatic carbocycles. The van der Waals surface area contributed by atoms with Gasteiger partial charge in [-0.05, 0) is 31.6 Å². The molecule has 0 aliphatic heterocycles. The van der Waals surface area contributed by atoms with Gasteiger partial charge in [0, 0.05) is 6.04 Å². The van der Waals surface area contributed by atoms with Crippen molar-refractivity contribution < 1.29 is 4.79 Å². The predicted octanol–water partition coefficient (Wildman–Crippen LogP) is 1.68. The zero-order valence-electron chi connectivity index (χ0n) is 10.8. The number of nitrogens with one attached hydrogen (secondary N) is 2. The fraction of sp³-hybridized carbons (Fsp3) is 0.786. The molecule has 1 saturated carbocycles. The van der Waals surface area contributed by atoms with Crippen LogP contribution in [0, 0.1) is 18.3 Å². The number of carbonyl (C=O) groups is 1. The van der Waals surface area contributed by atoms with Crippen LogP contribution >= 0.6 is 0 Å². The minimum absolute atomic E-state index is 0.0687. The number of hydrogen-bond donors (Lipinski definition) is 2. The number of hydrogen-bond acceptors (Lipinski definition) is 2. The molecule has 2 N–H and O–H groups in total. The van der Waals surface area contributed by atoms with Gasteiger partial charge < -0.3 is 5.32 Å². The van der Waals surface area contributed by atoms with Gasteiger partial charge in [-0.3, -0.25) is 10.1 Å². The number of terminal acetylenes is 1. The van der Waals surface area contributed by atoms with Crippen LogP contribution in [-0.4, -0.2) is 25.0 Å². The molecule has 3 nitrogen and oxygen atoms in total. The molecular formula is C14H24N2O. The molecule has 96 valence electrons. The Kier molecular flexibility index (Phi) is 6.73. The molecule has 0 radical (unpaired) electrons. The highest BCUT2D eigenvalue weighted by Gasteiger charge is 2.21. The van der Waals surface area contributed by atoms with Gasteiger partial charge >= 0.3 is 0 Å². The van der Waals surface area contributed by atoms with E-state index in [0.717, 1.165) is 18.8 Å². The average Bonchev–Trinajstić information content (AvgIpc) is 2.32. The topological polar surface area (TPSA) is 41.1 Å². The summed E-state index contributed by atoms with van der Waals surface area (Å²) in [5.74, 6) is 3.41. The SMILES string of the molecule is C#CCNCC(=O)NC1CCC(CCC)CC1. The Hall–Kier alpha value is -1.01. The van der Waals surface area contributed by atoms with Crippen LogP contribution in [-0.2, 0) is 4.79 Å². The van der Waals surface area contributed by atoms with Crippen molar-refractivity contribution in [3.05, 3.63) is 0 Å². The Morgan fingerprint density at radius 3 is 2.65 bits per heavy atom. The van der Waals surface area contributed by atoms with Crippen molar-refractivity contribution in [2.75, 3.05) is 13.1 Å². The van der Waals surface area contributed by atoms with Gasteiger partial charge in [0.25, 0.3) is 0 Å². The first kappa shape index (κ1) is 14.1. The van der Waals surface area contributed by atoms with E-state index in [1.54, 1.807) is 0 Å². The lowest BCUT2D eigenvalue weighted by Crippen LogP contribution is -2.42. The molecule has 1 amide bonds. The Morgan fingerprint density at radius 1 is 1.35 bits per heavy atom. The second kappa shape index (κ2) is 8.14. The Bertz CT molecular complexity index is 262. The first-order chi connectivity index (χ1) is 8.26. The van der Waals surface area contributed by atoms with Gasteiger partial charge in [0.15, 0.2) is 0 Å². The number of carbonyl (C=O) groups excluding carboxylic acids is 1. The van der Waals surface area contributed by atoms with Crippen LogP contribution in [0.2, 0.25) is 0 Å². The Labute approximate surface area is 105 Å². The van der Waals surface area contributed by atoms with Crippen LogP contribution in [0.15, 0.2) is 0 Å². The summed E-state index contributed by atoms with van der Waals surface area (Å²) in [4.78, 5) is 11.6. The zero-order chi connectivity index (χ0) is 12.5. The maximum atomic E-state index is 11.6. The fourth-order valence-corrected chi connectivity index (χ4v) is 2.53. The van der Waals surface area contributed by atoms with Gasteiger partial charge in [-0.2, -0.15) is 0 Å². The van der Waals surface area contributed by atoms with Gasteiger partial charge in [0.1, 0.15) is 0 Å². The van der Waals surface area contributed by atoms with E-state index in [2.05, 4.69) is 23.5 Å². The largest absolute Gasteiger partial charge is 0.352 e. The fourth-order valence-electron chi connectivity index (χ4n) is 2.53. The summed E-state index contributed by atoms with van der Waals surface area (Å²) in [7, 11) is 0. The lowest BCUT2D eigenvalue weighted by atomic mass is 9.83. The minimum Gasteiger partial charge on any atom is -0.352 e. The molecule has 3 heteroatoms. The number of amides is 1. The smallest absolute Gasteiger partial charge is 0.234 e. The quantitative estimate of drug-likeness (QED) is 0.544. The molecule has 0 atom stereocenters. The molecule has 0 unspecified atom stereocenters. The maximum Gasteiger partial charge on any atom is 0.234 e. The molecule has 1 aliphatic rings. The van der Waals surface area contributed by atoms with E-state index < -0.39 is 0 Å². The summed E-state index contributed by atoms with van der Waals surface area (Å²) in [6.07, 6.45) is 12.5. The van der Waals surface area contributed by atoms with E-state index in [4.69, 9.17) is 6.42 Å². The standard InChI is InChI=1S/C14H24N2O/c1-3-5-12-6-8-13(9-7-12)16-14(17)11-15-10-4-2/h2,12-13,15H,3,5-11H2,1H3,(H,16,17). The van der Waals surface area contributed by atoms with Gasteiger partial charge in [0.05, 0.1) is 13.1 Å². The molecule has 0 bridgehead atoms. The first-order valence-electron chi connectivity index (χ1n) is 6.69. The monoisotopic (exact) mass is 236 g/mol. The molecule has 1 fully saturated rings. The summed E-state index contributed by atoms with van der Waals surface area (Å²) in [6.45, 7) is 3.03. The molecule has 1 rings (SSSR count). The van der Waals surface area contributed by atoms with E-state index in [9.17, 15) is 4.79 Å². The van der Waals surface area contributed by atoms with Crippen molar-refractivity contribution >= 4 is 5.91 Å². The summed E-state index contributed by atoms with van der Waals surface area (Å²) in [5.41, 5.74) is 0. The van der Waals surface area contributed by atoms with Gasteiger partial charge in [-0.1, -0.05) is 25.7 Å². The van der Waals surface area contributed by atoms with Crippen molar-refractivity contribution in [3.63, 3.8) is 0 Å². The summed E-state index contributed by atoms with van der Waals surface area (Å²) in [6, 6.07) is 0.378. The molecule has 0 heterocycles. The molecule has 17 heavy (non-hydrogen) atoms. The van der Waals surface area contributed by atoms with Crippen LogP contribution < -0.4 is 10.6 Å². The van der Waals surface area contributed by atoms with Crippen molar-refractivity contribution in [2.45, 2.75) is 51.5 Å². The van der Waals surface area contributed by atoms with Crippen molar-refractivity contribution in [3.8, 4) is 12.3 Å². The van der Waals surface area contributed by atoms with Crippen molar-refractivity contribution in [1.82, 2.24) is 10.6 Å². The zero-order valence-corrected chi connectivity index (χ0v) is 10.8. The normalized spacial score (nSPS) is 24.0. The van der Waals surface area contributed by atoms with E-state index in [0.29, 0.717) is 19.1 Å². The third kappa shape index (κ3) is 5.74. The third-order valence-electron chi connectivity index (χ3n) is 3.42. The molecule has 0 spiro atoms. The van der Waals surface area contributed by atoms with Crippen LogP contribution in [0.3, 0.4) is 0 Å². The van der Waals surface area contributed by atoms with E-state index in [-0.39, 0.29) is 5.91 Å². The van der Waals surface area contributed by atoms with Crippen molar-refractivity contribution in [2.24, 2.45) is 5.92 Å². The van der Waals surface area contributed by atoms with E-state index in [1.165, 1.54) is 25.7 Å². The first-order valence-corrected chi connectivity index (χ1v) is 6.69. The average molecular weight is 236 g/mol. The van der Waals surface area contributed by atoms with E-state index in [1.807, 2.05) is 0 Å². The summed E-state index contributed by atoms with van der Waals surface area (Å²) < 4.78 is 0. The highest BCUT2D eigenvalue weighted by Crippen LogP contribution is 2.27. The van der Waals surface area contributed by atoms with Gasteiger partial charge in [-0.15, -0.1) is 6.42 Å². The molecular weight excluding hydrogens is 212 g/mol. The second-order valence-electron chi connectivity index (χ2n) is 4.88. The highest BCUT2D eigenvalue weighted by molar-refractivity contribution is 5.78. The van der Waals surface area contributed by atoms with Gasteiger partial charge in [-0.25, -0.2) is 0 Å². The number of rotatable bonds is 6. The lowest BCUT2D eigenvalue weighted by molar-refractivity contribution is -0.121. The predicted molar refractivity (Wildman–Crippen MR) is 70.5 cm³/mol. The highest BCUT2D eigenvalue weighted by atomic mass is 16.1. The molecule has 0 aromatic rings. The van der Waals surface area contributed by atoms with E-state index >= 15 is 0 Å². The Balaban J connectivity index is 2.13. The minimum atomic E-state index is 0.0687. The van der Waals surface area contributed by atoms with Gasteiger partial charge in [0.2, 0.25) is 5.91 Å². The third-order valence-corrected chi connectivity index (χ3v) is 3.42. The van der Waals surface area contributed by atoms with Crippen LogP contribution in [0.5, 0.6) is 0 Å². The summed E-state index contributed by atoms with van der Waals surface area (Å²) in [5, 5.41) is 5.98.